The fourth-order valence-electron chi connectivity index (χ4n) is 1.62. The second-order valence-corrected chi connectivity index (χ2v) is 3.65. The number of rotatable bonds is 4. The van der Waals surface area contributed by atoms with Crippen LogP contribution >= 0.6 is 24.8 Å². The minimum Gasteiger partial charge on any atom is -0.480 e. The third-order valence-electron chi connectivity index (χ3n) is 2.59. The Balaban J connectivity index is 0. The molecule has 16 heavy (non-hydrogen) atoms. The highest BCUT2D eigenvalue weighted by Crippen LogP contribution is 2.05. The first-order valence-corrected chi connectivity index (χ1v) is 4.79. The highest BCUT2D eigenvalue weighted by Gasteiger charge is 2.27. The molecule has 0 aliphatic carbocycles. The van der Waals surface area contributed by atoms with Crippen LogP contribution in [0.4, 0.5) is 0 Å². The van der Waals surface area contributed by atoms with Crippen molar-refractivity contribution >= 4 is 30.8 Å². The van der Waals surface area contributed by atoms with Crippen molar-refractivity contribution < 1.29 is 14.6 Å². The lowest BCUT2D eigenvalue weighted by atomic mass is 10.2. The van der Waals surface area contributed by atoms with Gasteiger partial charge in [-0.2, -0.15) is 0 Å². The van der Waals surface area contributed by atoms with Gasteiger partial charge in [0.15, 0.2) is 0 Å². The van der Waals surface area contributed by atoms with Crippen molar-refractivity contribution in [1.29, 1.82) is 0 Å². The third kappa shape index (κ3) is 5.32. The first-order chi connectivity index (χ1) is 6.65. The van der Waals surface area contributed by atoms with Crippen LogP contribution < -0.4 is 0 Å². The lowest BCUT2D eigenvalue weighted by Gasteiger charge is -2.35. The van der Waals surface area contributed by atoms with E-state index in [1.54, 1.807) is 0 Å². The minimum atomic E-state index is -0.795. The average molecular weight is 275 g/mol. The summed E-state index contributed by atoms with van der Waals surface area (Å²) in [7, 11) is 3.58. The van der Waals surface area contributed by atoms with Gasteiger partial charge in [-0.05, 0) is 7.05 Å². The predicted octanol–water partition coefficient (Wildman–Crippen LogP) is 0.177. The van der Waals surface area contributed by atoms with E-state index in [-0.39, 0.29) is 31.4 Å². The number of likely N-dealkylation sites (N-methyl/N-ethyl adjacent to an activating group) is 1. The van der Waals surface area contributed by atoms with E-state index in [4.69, 9.17) is 9.84 Å². The smallest absolute Gasteiger partial charge is 0.323 e. The molecule has 7 heteroatoms. The summed E-state index contributed by atoms with van der Waals surface area (Å²) in [5.41, 5.74) is 0. The van der Waals surface area contributed by atoms with Crippen molar-refractivity contribution in [2.24, 2.45) is 0 Å². The maximum absolute atomic E-state index is 10.9. The summed E-state index contributed by atoms with van der Waals surface area (Å²) in [4.78, 5) is 15.1. The van der Waals surface area contributed by atoms with Crippen LogP contribution in [0.1, 0.15) is 0 Å². The molecule has 0 aromatic carbocycles. The number of methoxy groups -OCH3 is 1. The van der Waals surface area contributed by atoms with Gasteiger partial charge in [-0.3, -0.25) is 9.69 Å². The van der Waals surface area contributed by atoms with E-state index in [0.29, 0.717) is 0 Å². The predicted molar refractivity (Wildman–Crippen MR) is 66.9 cm³/mol. The van der Waals surface area contributed by atoms with Gasteiger partial charge in [0.05, 0.1) is 6.61 Å². The van der Waals surface area contributed by atoms with E-state index in [0.717, 1.165) is 26.2 Å². The van der Waals surface area contributed by atoms with Gasteiger partial charge in [0, 0.05) is 33.3 Å². The number of nitrogens with zero attached hydrogens (tertiary/aromatic N) is 2. The standard InChI is InChI=1S/C9H18N2O3.2ClH/c1-10-3-5-11(6-4-10)8(7-14-2)9(12)13;;/h8H,3-7H2,1-2H3,(H,12,13);2*1H. The van der Waals surface area contributed by atoms with Crippen LogP contribution in [0.3, 0.4) is 0 Å². The zero-order valence-corrected chi connectivity index (χ0v) is 11.2. The second-order valence-electron chi connectivity index (χ2n) is 3.65. The quantitative estimate of drug-likeness (QED) is 0.793. The van der Waals surface area contributed by atoms with Crippen molar-refractivity contribution in [2.75, 3.05) is 46.9 Å². The molecule has 1 atom stereocenters. The Morgan fingerprint density at radius 1 is 1.31 bits per heavy atom. The van der Waals surface area contributed by atoms with Gasteiger partial charge in [0.25, 0.3) is 0 Å². The molecule has 0 bridgehead atoms. The van der Waals surface area contributed by atoms with Gasteiger partial charge in [0.1, 0.15) is 6.04 Å². The Kier molecular flexibility index (Phi) is 10.3. The van der Waals surface area contributed by atoms with E-state index in [1.165, 1.54) is 7.11 Å². The van der Waals surface area contributed by atoms with Crippen molar-refractivity contribution in [3.8, 4) is 0 Å². The molecular formula is C9H20Cl2N2O3. The average Bonchev–Trinajstić information content (AvgIpc) is 2.15. The summed E-state index contributed by atoms with van der Waals surface area (Å²) < 4.78 is 4.91. The van der Waals surface area contributed by atoms with Gasteiger partial charge in [-0.25, -0.2) is 0 Å². The maximum Gasteiger partial charge on any atom is 0.323 e. The summed E-state index contributed by atoms with van der Waals surface area (Å²) in [6.07, 6.45) is 0. The Morgan fingerprint density at radius 2 is 1.81 bits per heavy atom. The first-order valence-electron chi connectivity index (χ1n) is 4.79. The molecule has 1 N–H and O–H groups in total. The van der Waals surface area contributed by atoms with Gasteiger partial charge >= 0.3 is 5.97 Å². The van der Waals surface area contributed by atoms with Crippen LogP contribution in [0.2, 0.25) is 0 Å². The topological polar surface area (TPSA) is 53.0 Å². The molecule has 0 radical (unpaired) electrons. The van der Waals surface area contributed by atoms with Crippen LogP contribution in [0.15, 0.2) is 0 Å². The summed E-state index contributed by atoms with van der Waals surface area (Å²) in [6, 6.07) is -0.492. The molecule has 0 spiro atoms. The lowest BCUT2D eigenvalue weighted by molar-refractivity contribution is -0.146. The first kappa shape index (κ1) is 18.3. The van der Waals surface area contributed by atoms with E-state index in [1.807, 2.05) is 11.9 Å². The molecule has 0 aromatic rings. The Morgan fingerprint density at radius 3 is 2.19 bits per heavy atom. The lowest BCUT2D eigenvalue weighted by Crippen LogP contribution is -2.53. The zero-order valence-electron chi connectivity index (χ0n) is 9.59. The summed E-state index contributed by atoms with van der Waals surface area (Å²) in [6.45, 7) is 3.72. The molecule has 1 heterocycles. The van der Waals surface area contributed by atoms with Gasteiger partial charge in [0.2, 0.25) is 0 Å². The molecule has 0 amide bonds. The number of carboxylic acid groups (broad SMARTS) is 1. The monoisotopic (exact) mass is 274 g/mol. The minimum absolute atomic E-state index is 0. The van der Waals surface area contributed by atoms with Crippen molar-refractivity contribution in [3.63, 3.8) is 0 Å². The van der Waals surface area contributed by atoms with Gasteiger partial charge < -0.3 is 14.7 Å². The summed E-state index contributed by atoms with van der Waals surface area (Å²) >= 11 is 0. The molecule has 0 aromatic heterocycles. The van der Waals surface area contributed by atoms with E-state index >= 15 is 0 Å². The van der Waals surface area contributed by atoms with Crippen LogP contribution in [0.25, 0.3) is 0 Å². The molecule has 1 saturated heterocycles. The molecule has 1 aliphatic rings. The highest BCUT2D eigenvalue weighted by molar-refractivity contribution is 5.85. The fraction of sp³-hybridized carbons (Fsp3) is 0.889. The van der Waals surface area contributed by atoms with E-state index < -0.39 is 12.0 Å². The molecule has 1 fully saturated rings. The van der Waals surface area contributed by atoms with E-state index in [2.05, 4.69) is 4.90 Å². The SMILES string of the molecule is COCC(C(=O)O)N1CCN(C)CC1.Cl.Cl. The fourth-order valence-corrected chi connectivity index (χ4v) is 1.62. The van der Waals surface area contributed by atoms with Crippen LogP contribution in [-0.2, 0) is 9.53 Å². The number of carboxylic acids is 1. The Labute approximate surface area is 109 Å². The Bertz CT molecular complexity index is 199. The highest BCUT2D eigenvalue weighted by atomic mass is 35.5. The summed E-state index contributed by atoms with van der Waals surface area (Å²) in [5, 5.41) is 8.99. The molecular weight excluding hydrogens is 255 g/mol. The third-order valence-corrected chi connectivity index (χ3v) is 2.59. The second kappa shape index (κ2) is 9.01. The van der Waals surface area contributed by atoms with Gasteiger partial charge in [-0.1, -0.05) is 0 Å². The van der Waals surface area contributed by atoms with Crippen LogP contribution in [0, 0.1) is 0 Å². The number of carbonyl (C=O) groups is 1. The zero-order chi connectivity index (χ0) is 10.6. The van der Waals surface area contributed by atoms with Crippen LogP contribution in [0.5, 0.6) is 0 Å². The maximum atomic E-state index is 10.9. The number of piperazine rings is 1. The van der Waals surface area contributed by atoms with Crippen LogP contribution in [-0.4, -0.2) is 73.9 Å². The number of ether oxygens (including phenoxy) is 1. The van der Waals surface area contributed by atoms with E-state index in [9.17, 15) is 4.79 Å². The number of hydrogen-bond acceptors (Lipinski definition) is 4. The van der Waals surface area contributed by atoms with Gasteiger partial charge in [-0.15, -0.1) is 24.8 Å². The Hall–Kier alpha value is -0.0700. The molecule has 1 unspecified atom stereocenters. The van der Waals surface area contributed by atoms with Crippen molar-refractivity contribution in [3.05, 3.63) is 0 Å². The molecule has 1 rings (SSSR count). The molecule has 0 saturated carbocycles. The van der Waals surface area contributed by atoms with Crippen molar-refractivity contribution in [1.82, 2.24) is 9.80 Å². The largest absolute Gasteiger partial charge is 0.480 e. The summed E-state index contributed by atoms with van der Waals surface area (Å²) in [5.74, 6) is -0.795. The number of aliphatic carboxylic acids is 1. The number of hydrogen-bond donors (Lipinski definition) is 1. The normalized spacial score (nSPS) is 19.4. The van der Waals surface area contributed by atoms with Crippen molar-refractivity contribution in [2.45, 2.75) is 6.04 Å². The number of halogens is 2. The molecule has 98 valence electrons. The molecule has 1 aliphatic heterocycles. The molecule has 5 nitrogen and oxygen atoms in total.